The number of hydrogen-bond donors (Lipinski definition) is 1. The predicted octanol–water partition coefficient (Wildman–Crippen LogP) is 3.77. The van der Waals surface area contributed by atoms with Crippen molar-refractivity contribution in [2.24, 2.45) is 0 Å². The van der Waals surface area contributed by atoms with E-state index in [9.17, 15) is 4.79 Å². The maximum absolute atomic E-state index is 12.7. The fourth-order valence-electron chi connectivity index (χ4n) is 3.35. The topological polar surface area (TPSA) is 75.9 Å². The number of anilines is 2. The monoisotopic (exact) mass is 408 g/mol. The number of carbonyl (C=O) groups is 1. The van der Waals surface area contributed by atoms with E-state index in [1.807, 2.05) is 49.4 Å². The highest BCUT2D eigenvalue weighted by molar-refractivity contribution is 8.00. The smallest absolute Gasteiger partial charge is 0.237 e. The maximum atomic E-state index is 12.7. The number of nitrogens with zero attached hydrogens (tertiary/aromatic N) is 5. The van der Waals surface area contributed by atoms with Gasteiger partial charge in [0.1, 0.15) is 0 Å². The average Bonchev–Trinajstić information content (AvgIpc) is 3.23. The molecule has 3 aromatic rings. The Morgan fingerprint density at radius 2 is 1.72 bits per heavy atom. The maximum Gasteiger partial charge on any atom is 0.237 e. The molecule has 8 heteroatoms. The van der Waals surface area contributed by atoms with Crippen LogP contribution in [0.2, 0.25) is 0 Å². The summed E-state index contributed by atoms with van der Waals surface area (Å²) in [6.45, 7) is 4.07. The minimum atomic E-state index is -0.342. The van der Waals surface area contributed by atoms with Crippen LogP contribution in [-0.2, 0) is 4.79 Å². The molecule has 1 aliphatic heterocycles. The Labute approximate surface area is 174 Å². The molecular weight excluding hydrogens is 384 g/mol. The Balaban J connectivity index is 1.37. The molecule has 1 saturated heterocycles. The van der Waals surface area contributed by atoms with Crippen LogP contribution in [-0.4, -0.2) is 44.5 Å². The molecule has 0 saturated carbocycles. The van der Waals surface area contributed by atoms with Gasteiger partial charge in [-0.2, -0.15) is 4.68 Å². The zero-order chi connectivity index (χ0) is 20.1. The van der Waals surface area contributed by atoms with Crippen molar-refractivity contribution in [2.75, 3.05) is 23.3 Å². The van der Waals surface area contributed by atoms with Gasteiger partial charge in [0.2, 0.25) is 11.1 Å². The molecule has 1 aliphatic rings. The van der Waals surface area contributed by atoms with E-state index >= 15 is 0 Å². The highest BCUT2D eigenvalue weighted by atomic mass is 32.2. The van der Waals surface area contributed by atoms with Gasteiger partial charge >= 0.3 is 0 Å². The van der Waals surface area contributed by atoms with E-state index in [0.29, 0.717) is 5.16 Å². The molecule has 2 aromatic carbocycles. The molecular formula is C21H24N6OS. The summed E-state index contributed by atoms with van der Waals surface area (Å²) < 4.78 is 1.64. The van der Waals surface area contributed by atoms with Crippen LogP contribution < -0.4 is 10.2 Å². The molecule has 1 fully saturated rings. The van der Waals surface area contributed by atoms with Gasteiger partial charge in [-0.25, -0.2) is 0 Å². The summed E-state index contributed by atoms with van der Waals surface area (Å²) in [5.74, 6) is -0.0802. The highest BCUT2D eigenvalue weighted by Crippen LogP contribution is 2.25. The van der Waals surface area contributed by atoms with E-state index in [-0.39, 0.29) is 11.2 Å². The average molecular weight is 409 g/mol. The Morgan fingerprint density at radius 3 is 2.45 bits per heavy atom. The molecule has 0 spiro atoms. The van der Waals surface area contributed by atoms with E-state index in [1.165, 1.54) is 36.7 Å². The number of rotatable bonds is 6. The van der Waals surface area contributed by atoms with E-state index in [4.69, 9.17) is 0 Å². The van der Waals surface area contributed by atoms with Crippen molar-refractivity contribution < 1.29 is 4.79 Å². The lowest BCUT2D eigenvalue weighted by atomic mass is 10.1. The number of thioether (sulfide) groups is 1. The van der Waals surface area contributed by atoms with Crippen LogP contribution in [0.3, 0.4) is 0 Å². The number of carbonyl (C=O) groups excluding carboxylic acids is 1. The second kappa shape index (κ2) is 9.09. The Morgan fingerprint density at radius 1 is 1.00 bits per heavy atom. The summed E-state index contributed by atoms with van der Waals surface area (Å²) in [7, 11) is 0. The van der Waals surface area contributed by atoms with Crippen molar-refractivity contribution in [1.82, 2.24) is 20.2 Å². The summed E-state index contributed by atoms with van der Waals surface area (Å²) in [6.07, 6.45) is 3.80. The number of para-hydroxylation sites is 1. The fraction of sp³-hybridized carbons (Fsp3) is 0.333. The summed E-state index contributed by atoms with van der Waals surface area (Å²) in [5, 5.41) is 15.1. The van der Waals surface area contributed by atoms with Crippen molar-refractivity contribution in [2.45, 2.75) is 36.6 Å². The van der Waals surface area contributed by atoms with Gasteiger partial charge in [0.15, 0.2) is 0 Å². The molecule has 0 radical (unpaired) electrons. The van der Waals surface area contributed by atoms with Crippen molar-refractivity contribution in [3.8, 4) is 5.69 Å². The highest BCUT2D eigenvalue weighted by Gasteiger charge is 2.19. The number of amides is 1. The van der Waals surface area contributed by atoms with Gasteiger partial charge in [-0.1, -0.05) is 30.0 Å². The molecule has 0 bridgehead atoms. The third-order valence-corrected chi connectivity index (χ3v) is 5.98. The molecule has 150 valence electrons. The third-order valence-electron chi connectivity index (χ3n) is 4.95. The van der Waals surface area contributed by atoms with Gasteiger partial charge in [-0.05, 0) is 73.0 Å². The Bertz CT molecular complexity index is 937. The molecule has 1 amide bonds. The van der Waals surface area contributed by atoms with E-state index < -0.39 is 0 Å². The third kappa shape index (κ3) is 4.76. The molecule has 7 nitrogen and oxygen atoms in total. The van der Waals surface area contributed by atoms with E-state index in [0.717, 1.165) is 24.5 Å². The number of aromatic nitrogens is 4. The van der Waals surface area contributed by atoms with Crippen LogP contribution in [0.15, 0.2) is 59.8 Å². The number of piperidine rings is 1. The number of nitrogens with one attached hydrogen (secondary N) is 1. The van der Waals surface area contributed by atoms with Crippen molar-refractivity contribution in [3.05, 3.63) is 54.6 Å². The van der Waals surface area contributed by atoms with Crippen LogP contribution in [0.1, 0.15) is 26.2 Å². The molecule has 2 heterocycles. The van der Waals surface area contributed by atoms with Crippen LogP contribution in [0.25, 0.3) is 5.69 Å². The standard InChI is InChI=1S/C21H24N6OS/c1-16(29-21-23-24-25-27(21)19-8-4-2-5-9-19)20(28)22-17-10-12-18(13-11-17)26-14-6-3-7-15-26/h2,4-5,8-13,16H,3,6-7,14-15H2,1H3,(H,22,28). The van der Waals surface area contributed by atoms with Gasteiger partial charge in [-0.3, -0.25) is 4.79 Å². The lowest BCUT2D eigenvalue weighted by molar-refractivity contribution is -0.115. The van der Waals surface area contributed by atoms with Gasteiger partial charge in [0, 0.05) is 24.5 Å². The number of benzene rings is 2. The molecule has 4 rings (SSSR count). The number of tetrazole rings is 1. The van der Waals surface area contributed by atoms with Gasteiger partial charge in [-0.15, -0.1) is 5.10 Å². The zero-order valence-electron chi connectivity index (χ0n) is 16.4. The van der Waals surface area contributed by atoms with Gasteiger partial charge in [0.25, 0.3) is 0 Å². The largest absolute Gasteiger partial charge is 0.372 e. The summed E-state index contributed by atoms with van der Waals surface area (Å²) in [4.78, 5) is 15.1. The molecule has 1 atom stereocenters. The zero-order valence-corrected chi connectivity index (χ0v) is 17.2. The normalized spacial score (nSPS) is 15.1. The van der Waals surface area contributed by atoms with Gasteiger partial charge in [0.05, 0.1) is 10.9 Å². The lowest BCUT2D eigenvalue weighted by Crippen LogP contribution is -2.29. The lowest BCUT2D eigenvalue weighted by Gasteiger charge is -2.28. The van der Waals surface area contributed by atoms with E-state index in [1.54, 1.807) is 4.68 Å². The molecule has 1 N–H and O–H groups in total. The number of hydrogen-bond acceptors (Lipinski definition) is 6. The first-order valence-electron chi connectivity index (χ1n) is 9.87. The fourth-order valence-corrected chi connectivity index (χ4v) is 4.15. The first-order valence-corrected chi connectivity index (χ1v) is 10.7. The van der Waals surface area contributed by atoms with Crippen LogP contribution in [0.4, 0.5) is 11.4 Å². The summed E-state index contributed by atoms with van der Waals surface area (Å²) in [6, 6.07) is 17.7. The van der Waals surface area contributed by atoms with Crippen LogP contribution in [0.5, 0.6) is 0 Å². The SMILES string of the molecule is CC(Sc1nnnn1-c1ccccc1)C(=O)Nc1ccc(N2CCCCC2)cc1. The van der Waals surface area contributed by atoms with Crippen molar-refractivity contribution in [3.63, 3.8) is 0 Å². The van der Waals surface area contributed by atoms with E-state index in [2.05, 4.69) is 37.9 Å². The van der Waals surface area contributed by atoms with Crippen LogP contribution in [0, 0.1) is 0 Å². The predicted molar refractivity (Wildman–Crippen MR) is 116 cm³/mol. The quantitative estimate of drug-likeness (QED) is 0.626. The minimum absolute atomic E-state index is 0.0802. The van der Waals surface area contributed by atoms with Crippen molar-refractivity contribution in [1.29, 1.82) is 0 Å². The summed E-state index contributed by atoms with van der Waals surface area (Å²) in [5.41, 5.74) is 2.87. The van der Waals surface area contributed by atoms with Crippen molar-refractivity contribution >= 4 is 29.0 Å². The van der Waals surface area contributed by atoms with Crippen LogP contribution >= 0.6 is 11.8 Å². The molecule has 29 heavy (non-hydrogen) atoms. The Hall–Kier alpha value is -2.87. The second-order valence-corrected chi connectivity index (χ2v) is 8.36. The molecule has 0 aliphatic carbocycles. The first-order chi connectivity index (χ1) is 14.2. The minimum Gasteiger partial charge on any atom is -0.372 e. The van der Waals surface area contributed by atoms with Gasteiger partial charge < -0.3 is 10.2 Å². The summed E-state index contributed by atoms with van der Waals surface area (Å²) >= 11 is 1.33. The second-order valence-electron chi connectivity index (χ2n) is 7.05. The first kappa shape index (κ1) is 19.4. The molecule has 1 unspecified atom stereocenters. The molecule has 1 aromatic heterocycles. The Kier molecular flexibility index (Phi) is 6.09.